The van der Waals surface area contributed by atoms with Crippen molar-refractivity contribution in [3.05, 3.63) is 0 Å². The van der Waals surface area contributed by atoms with Crippen molar-refractivity contribution in [3.63, 3.8) is 0 Å². The Morgan fingerprint density at radius 2 is 0.909 bits per heavy atom. The Morgan fingerprint density at radius 1 is 0.545 bits per heavy atom. The first-order chi connectivity index (χ1) is 26.6. The number of likely N-dealkylation sites (N-methyl/N-ethyl adjacent to an activating group) is 1. The molecule has 2 amide bonds. The number of hydrogen-bond donors (Lipinski definition) is 3. The third-order valence-corrected chi connectivity index (χ3v) is 11.6. The van der Waals surface area contributed by atoms with E-state index in [1.54, 1.807) is 0 Å². The zero-order valence-corrected chi connectivity index (χ0v) is 38.2. The van der Waals surface area contributed by atoms with Crippen LogP contribution in [0.5, 0.6) is 0 Å². The van der Waals surface area contributed by atoms with Crippen LogP contribution in [0.4, 0.5) is 4.79 Å². The van der Waals surface area contributed by atoms with Crippen LogP contribution >= 0.6 is 7.82 Å². The highest BCUT2D eigenvalue weighted by Gasteiger charge is 2.28. The molecule has 0 heterocycles. The van der Waals surface area contributed by atoms with Gasteiger partial charge in [-0.2, -0.15) is 0 Å². The SMILES string of the molecule is CCCCCCCCCCCCCCCCCCCCOCC(CNC(=O)NCCCCCCCCCCCCCCCC)OP(=O)(O)OCC[N+](C)(C)C. The van der Waals surface area contributed by atoms with Crippen molar-refractivity contribution < 1.29 is 32.5 Å². The third kappa shape index (κ3) is 44.3. The molecule has 0 saturated carbocycles. The van der Waals surface area contributed by atoms with Crippen LogP contribution in [-0.2, 0) is 18.3 Å². The minimum atomic E-state index is -4.31. The lowest BCUT2D eigenvalue weighted by Crippen LogP contribution is -2.42. The lowest BCUT2D eigenvalue weighted by molar-refractivity contribution is -0.870. The van der Waals surface area contributed by atoms with E-state index >= 15 is 0 Å². The van der Waals surface area contributed by atoms with E-state index in [0.717, 1.165) is 25.7 Å². The van der Waals surface area contributed by atoms with Crippen LogP contribution in [0, 0.1) is 0 Å². The van der Waals surface area contributed by atoms with Gasteiger partial charge in [-0.05, 0) is 12.8 Å². The van der Waals surface area contributed by atoms with Gasteiger partial charge in [0.1, 0.15) is 19.3 Å². The number of nitrogens with one attached hydrogen (secondary N) is 2. The topological polar surface area (TPSA) is 106 Å². The van der Waals surface area contributed by atoms with Gasteiger partial charge in [0.15, 0.2) is 0 Å². The van der Waals surface area contributed by atoms with E-state index in [0.29, 0.717) is 24.2 Å². The van der Waals surface area contributed by atoms with Crippen molar-refractivity contribution in [1.82, 2.24) is 10.6 Å². The highest BCUT2D eigenvalue weighted by Crippen LogP contribution is 2.44. The first-order valence-electron chi connectivity index (χ1n) is 23.6. The number of ether oxygens (including phenoxy) is 1. The van der Waals surface area contributed by atoms with E-state index in [1.807, 2.05) is 21.1 Å². The normalized spacial score (nSPS) is 13.6. The predicted molar refractivity (Wildman–Crippen MR) is 235 cm³/mol. The molecule has 0 spiro atoms. The molecule has 0 bridgehead atoms. The standard InChI is InChI=1S/C45H94N3O6P/c1-6-8-10-12-14-16-18-20-22-23-24-25-27-29-31-33-35-37-40-52-43-44(54-55(50,51)53-41-39-48(3,4)5)42-47-45(49)46-38-36-34-32-30-28-26-21-19-17-15-13-11-9-7-2/h44H,6-43H2,1-5H3,(H2-,46,47,49,50,51)/p+1. The first-order valence-corrected chi connectivity index (χ1v) is 25.1. The maximum absolute atomic E-state index is 12.7. The van der Waals surface area contributed by atoms with Crippen LogP contribution in [-0.4, -0.2) is 82.1 Å². The number of amides is 2. The monoisotopic (exact) mass is 805 g/mol. The second-order valence-corrected chi connectivity index (χ2v) is 18.8. The third-order valence-electron chi connectivity index (χ3n) is 10.6. The molecule has 2 unspecified atom stereocenters. The van der Waals surface area contributed by atoms with E-state index in [2.05, 4.69) is 24.5 Å². The predicted octanol–water partition coefficient (Wildman–Crippen LogP) is 13.0. The molecule has 0 aromatic heterocycles. The maximum Gasteiger partial charge on any atom is 0.472 e. The van der Waals surface area contributed by atoms with Crippen molar-refractivity contribution >= 4 is 13.9 Å². The van der Waals surface area contributed by atoms with Crippen molar-refractivity contribution in [2.75, 3.05) is 60.6 Å². The van der Waals surface area contributed by atoms with E-state index in [-0.39, 0.29) is 25.8 Å². The fourth-order valence-corrected chi connectivity index (χ4v) is 7.77. The highest BCUT2D eigenvalue weighted by atomic mass is 31.2. The largest absolute Gasteiger partial charge is 0.472 e. The summed E-state index contributed by atoms with van der Waals surface area (Å²) in [5, 5.41) is 5.72. The average molecular weight is 805 g/mol. The Morgan fingerprint density at radius 3 is 1.29 bits per heavy atom. The molecule has 0 fully saturated rings. The Bertz CT molecular complexity index is 859. The Kier molecular flexibility index (Phi) is 39.6. The molecule has 0 saturated heterocycles. The molecule has 2 atom stereocenters. The van der Waals surface area contributed by atoms with E-state index in [9.17, 15) is 14.3 Å². The number of nitrogens with zero attached hydrogens (tertiary/aromatic N) is 1. The van der Waals surface area contributed by atoms with Gasteiger partial charge in [-0.15, -0.1) is 0 Å². The van der Waals surface area contributed by atoms with Crippen LogP contribution in [0.1, 0.15) is 219 Å². The fourth-order valence-electron chi connectivity index (χ4n) is 6.89. The van der Waals surface area contributed by atoms with Crippen molar-refractivity contribution in [1.29, 1.82) is 0 Å². The van der Waals surface area contributed by atoms with Crippen molar-refractivity contribution in [2.24, 2.45) is 0 Å². The molecule has 0 aromatic rings. The molecule has 0 radical (unpaired) electrons. The summed E-state index contributed by atoms with van der Waals surface area (Å²) in [6.07, 6.45) is 41.4. The molecule has 330 valence electrons. The highest BCUT2D eigenvalue weighted by molar-refractivity contribution is 7.47. The summed E-state index contributed by atoms with van der Waals surface area (Å²) in [5.74, 6) is 0. The van der Waals surface area contributed by atoms with E-state index in [1.165, 1.54) is 180 Å². The molecule has 0 aliphatic carbocycles. The Balaban J connectivity index is 4.09. The van der Waals surface area contributed by atoms with Crippen LogP contribution < -0.4 is 10.6 Å². The quantitative estimate of drug-likeness (QED) is 0.0322. The van der Waals surface area contributed by atoms with Crippen LogP contribution in [0.3, 0.4) is 0 Å². The van der Waals surface area contributed by atoms with Crippen molar-refractivity contribution in [3.8, 4) is 0 Å². The van der Waals surface area contributed by atoms with Crippen LogP contribution in [0.15, 0.2) is 0 Å². The maximum atomic E-state index is 12.7. The first kappa shape index (κ1) is 54.3. The molecule has 9 nitrogen and oxygen atoms in total. The molecule has 55 heavy (non-hydrogen) atoms. The zero-order valence-electron chi connectivity index (χ0n) is 37.3. The number of urea groups is 1. The Hall–Kier alpha value is -0.700. The van der Waals surface area contributed by atoms with Gasteiger partial charge in [-0.3, -0.25) is 9.05 Å². The lowest BCUT2D eigenvalue weighted by Gasteiger charge is -2.25. The number of quaternary nitrogens is 1. The van der Waals surface area contributed by atoms with E-state index < -0.39 is 13.9 Å². The number of phosphoric acid groups is 1. The minimum absolute atomic E-state index is 0.0624. The molecule has 10 heteroatoms. The lowest BCUT2D eigenvalue weighted by atomic mass is 10.0. The summed E-state index contributed by atoms with van der Waals surface area (Å²) in [7, 11) is 1.67. The molecule has 3 N–H and O–H groups in total. The molecule has 0 aliphatic rings. The van der Waals surface area contributed by atoms with Gasteiger partial charge in [0.05, 0.1) is 27.7 Å². The number of carbonyl (C=O) groups excluding carboxylic acids is 1. The number of unbranched alkanes of at least 4 members (excludes halogenated alkanes) is 30. The molecule has 0 rings (SSSR count). The van der Waals surface area contributed by atoms with Gasteiger partial charge in [-0.1, -0.05) is 206 Å². The summed E-state index contributed by atoms with van der Waals surface area (Å²) in [4.78, 5) is 22.9. The summed E-state index contributed by atoms with van der Waals surface area (Å²) in [6, 6.07) is -0.300. The fraction of sp³-hybridized carbons (Fsp3) is 0.978. The molecular weight excluding hydrogens is 709 g/mol. The van der Waals surface area contributed by atoms with E-state index in [4.69, 9.17) is 13.8 Å². The number of phosphoric ester groups is 1. The van der Waals surface area contributed by atoms with Gasteiger partial charge in [0.2, 0.25) is 0 Å². The smallest absolute Gasteiger partial charge is 0.379 e. The number of rotatable bonds is 44. The summed E-state index contributed by atoms with van der Waals surface area (Å²) >= 11 is 0. The van der Waals surface area contributed by atoms with Crippen LogP contribution in [0.25, 0.3) is 0 Å². The summed E-state index contributed by atoms with van der Waals surface area (Å²) in [5.41, 5.74) is 0. The number of hydrogen-bond acceptors (Lipinski definition) is 5. The average Bonchev–Trinajstić information content (AvgIpc) is 3.13. The molecule has 0 aromatic carbocycles. The van der Waals surface area contributed by atoms with Gasteiger partial charge in [-0.25, -0.2) is 9.36 Å². The minimum Gasteiger partial charge on any atom is -0.379 e. The molecule has 0 aliphatic heterocycles. The van der Waals surface area contributed by atoms with Gasteiger partial charge in [0.25, 0.3) is 0 Å². The summed E-state index contributed by atoms with van der Waals surface area (Å²) < 4.78 is 29.9. The van der Waals surface area contributed by atoms with Crippen molar-refractivity contribution in [2.45, 2.75) is 225 Å². The van der Waals surface area contributed by atoms with Gasteiger partial charge < -0.3 is 24.7 Å². The second kappa shape index (κ2) is 40.1. The zero-order chi connectivity index (χ0) is 40.6. The number of carbonyl (C=O) groups is 1. The summed E-state index contributed by atoms with van der Waals surface area (Å²) in [6.45, 7) is 6.55. The van der Waals surface area contributed by atoms with Crippen LogP contribution in [0.2, 0.25) is 0 Å². The van der Waals surface area contributed by atoms with Gasteiger partial charge in [0, 0.05) is 19.7 Å². The second-order valence-electron chi connectivity index (χ2n) is 17.4. The molecular formula is C45H95N3O6P+. The van der Waals surface area contributed by atoms with Gasteiger partial charge >= 0.3 is 13.9 Å². The Labute approximate surface area is 342 Å².